The standard InChI is InChI=1S/C23H41N3O4.C3H8/c1-7-23(8-2,25-16(3)4)22(30)24-19(18-12-10-9-11-13-18)20(27)26(6)15-14-17(5)21(28)29;1-3-2/h14,16,18-19,25H,7-13,15H2,1-6H3,(H,24,30)(H,28,29);3H2,1-2H3/b17-14+;. The van der Waals surface area contributed by atoms with Crippen molar-refractivity contribution in [3.8, 4) is 0 Å². The molecular weight excluding hydrogens is 418 g/mol. The minimum absolute atomic E-state index is 0.104. The summed E-state index contributed by atoms with van der Waals surface area (Å²) in [7, 11) is 1.66. The number of carbonyl (C=O) groups is 3. The van der Waals surface area contributed by atoms with Gasteiger partial charge < -0.3 is 20.6 Å². The van der Waals surface area contributed by atoms with Crippen molar-refractivity contribution in [1.82, 2.24) is 15.5 Å². The van der Waals surface area contributed by atoms with Crippen LogP contribution in [0, 0.1) is 5.92 Å². The molecule has 192 valence electrons. The van der Waals surface area contributed by atoms with Crippen molar-refractivity contribution in [2.45, 2.75) is 117 Å². The third-order valence-corrected chi connectivity index (χ3v) is 6.27. The van der Waals surface area contributed by atoms with Gasteiger partial charge >= 0.3 is 5.97 Å². The van der Waals surface area contributed by atoms with Crippen LogP contribution >= 0.6 is 0 Å². The number of likely N-dealkylation sites (N-methyl/N-ethyl adjacent to an activating group) is 1. The Bertz CT molecular complexity index is 635. The summed E-state index contributed by atoms with van der Waals surface area (Å²) in [4.78, 5) is 39.2. The minimum Gasteiger partial charge on any atom is -0.478 e. The maximum Gasteiger partial charge on any atom is 0.331 e. The number of aliphatic carboxylic acids is 1. The Morgan fingerprint density at radius 3 is 2.00 bits per heavy atom. The molecule has 7 nitrogen and oxygen atoms in total. The largest absolute Gasteiger partial charge is 0.478 e. The highest BCUT2D eigenvalue weighted by Gasteiger charge is 2.40. The van der Waals surface area contributed by atoms with Crippen LogP contribution in [0.1, 0.15) is 99.8 Å². The fourth-order valence-electron chi connectivity index (χ4n) is 4.21. The van der Waals surface area contributed by atoms with Crippen molar-refractivity contribution in [1.29, 1.82) is 0 Å². The Morgan fingerprint density at radius 1 is 1.06 bits per heavy atom. The van der Waals surface area contributed by atoms with E-state index in [4.69, 9.17) is 5.11 Å². The molecule has 1 aliphatic carbocycles. The summed E-state index contributed by atoms with van der Waals surface area (Å²) in [6, 6.07) is -0.445. The van der Waals surface area contributed by atoms with E-state index in [-0.39, 0.29) is 35.9 Å². The summed E-state index contributed by atoms with van der Waals surface area (Å²) in [6.07, 6.45) is 9.15. The average molecular weight is 468 g/mol. The molecule has 0 spiro atoms. The number of carbonyl (C=O) groups excluding carboxylic acids is 2. The number of rotatable bonds is 11. The highest BCUT2D eigenvalue weighted by Crippen LogP contribution is 2.28. The number of carboxylic acids is 1. The van der Waals surface area contributed by atoms with E-state index in [0.717, 1.165) is 32.1 Å². The Hall–Kier alpha value is -1.89. The number of nitrogens with one attached hydrogen (secondary N) is 2. The number of hydrogen-bond acceptors (Lipinski definition) is 4. The van der Waals surface area contributed by atoms with Crippen molar-refractivity contribution >= 4 is 17.8 Å². The molecule has 0 aromatic heterocycles. The highest BCUT2D eigenvalue weighted by atomic mass is 16.4. The van der Waals surface area contributed by atoms with Crippen LogP contribution < -0.4 is 10.6 Å². The second kappa shape index (κ2) is 15.9. The van der Waals surface area contributed by atoms with Crippen LogP contribution in [0.15, 0.2) is 11.6 Å². The van der Waals surface area contributed by atoms with E-state index in [1.807, 2.05) is 27.7 Å². The van der Waals surface area contributed by atoms with Crippen molar-refractivity contribution < 1.29 is 19.5 Å². The topological polar surface area (TPSA) is 98.7 Å². The molecule has 0 aromatic carbocycles. The smallest absolute Gasteiger partial charge is 0.331 e. The molecule has 0 saturated heterocycles. The summed E-state index contributed by atoms with van der Waals surface area (Å²) in [6.45, 7) is 14.0. The fraction of sp³-hybridized carbons (Fsp3) is 0.808. The Morgan fingerprint density at radius 2 is 1.58 bits per heavy atom. The van der Waals surface area contributed by atoms with Gasteiger partial charge in [0.25, 0.3) is 0 Å². The summed E-state index contributed by atoms with van der Waals surface area (Å²) in [5, 5.41) is 15.6. The molecule has 0 aliphatic heterocycles. The number of hydrogen-bond donors (Lipinski definition) is 3. The van der Waals surface area contributed by atoms with Gasteiger partial charge in [0.1, 0.15) is 6.04 Å². The van der Waals surface area contributed by atoms with Crippen molar-refractivity contribution in [2.24, 2.45) is 5.92 Å². The van der Waals surface area contributed by atoms with Gasteiger partial charge in [0.05, 0.1) is 5.54 Å². The van der Waals surface area contributed by atoms with Gasteiger partial charge in [-0.05, 0) is 52.4 Å². The molecule has 1 aliphatic rings. The summed E-state index contributed by atoms with van der Waals surface area (Å²) in [5.41, 5.74) is -0.510. The van der Waals surface area contributed by atoms with Gasteiger partial charge in [0.15, 0.2) is 0 Å². The van der Waals surface area contributed by atoms with E-state index in [2.05, 4.69) is 24.5 Å². The van der Waals surface area contributed by atoms with Gasteiger partial charge in [-0.3, -0.25) is 9.59 Å². The molecule has 0 bridgehead atoms. The molecule has 0 aromatic rings. The normalized spacial score (nSPS) is 16.0. The molecule has 33 heavy (non-hydrogen) atoms. The first-order valence-electron chi connectivity index (χ1n) is 12.7. The van der Waals surface area contributed by atoms with E-state index in [0.29, 0.717) is 12.8 Å². The van der Waals surface area contributed by atoms with E-state index >= 15 is 0 Å². The number of carboxylic acid groups (broad SMARTS) is 1. The number of amides is 2. The SMILES string of the molecule is CCC.CCC(CC)(NC(C)C)C(=O)NC(C(=O)N(C)C/C=C(\C)C(=O)O)C1CCCCC1. The Labute approximate surface area is 201 Å². The van der Waals surface area contributed by atoms with Gasteiger partial charge in [0, 0.05) is 25.2 Å². The first kappa shape index (κ1) is 31.1. The predicted molar refractivity (Wildman–Crippen MR) is 135 cm³/mol. The molecule has 0 radical (unpaired) electrons. The minimum atomic E-state index is -0.997. The molecule has 1 atom stereocenters. The van der Waals surface area contributed by atoms with Crippen molar-refractivity contribution in [2.75, 3.05) is 13.6 Å². The molecule has 3 N–H and O–H groups in total. The number of nitrogens with zero attached hydrogens (tertiary/aromatic N) is 1. The van der Waals surface area contributed by atoms with E-state index < -0.39 is 17.6 Å². The van der Waals surface area contributed by atoms with Crippen LogP contribution in [0.2, 0.25) is 0 Å². The Kier molecular flexibility index (Phi) is 15.0. The highest BCUT2D eigenvalue weighted by molar-refractivity contribution is 5.92. The van der Waals surface area contributed by atoms with Crippen LogP contribution in [-0.2, 0) is 14.4 Å². The molecule has 1 fully saturated rings. The van der Waals surface area contributed by atoms with E-state index in [1.54, 1.807) is 7.05 Å². The molecule has 1 rings (SSSR count). The lowest BCUT2D eigenvalue weighted by atomic mass is 9.82. The average Bonchev–Trinajstić information content (AvgIpc) is 2.79. The summed E-state index contributed by atoms with van der Waals surface area (Å²) in [5.74, 6) is -1.18. The van der Waals surface area contributed by atoms with E-state index in [9.17, 15) is 14.4 Å². The first-order valence-corrected chi connectivity index (χ1v) is 12.7. The maximum atomic E-state index is 13.4. The van der Waals surface area contributed by atoms with Crippen molar-refractivity contribution in [3.63, 3.8) is 0 Å². The zero-order chi connectivity index (χ0) is 25.6. The molecular formula is C26H49N3O4. The summed E-state index contributed by atoms with van der Waals surface area (Å²) < 4.78 is 0. The lowest BCUT2D eigenvalue weighted by Gasteiger charge is -2.38. The van der Waals surface area contributed by atoms with Crippen LogP contribution in [0.25, 0.3) is 0 Å². The lowest BCUT2D eigenvalue weighted by Crippen LogP contribution is -2.63. The third kappa shape index (κ3) is 10.3. The molecule has 7 heteroatoms. The molecule has 2 amide bonds. The molecule has 1 saturated carbocycles. The molecule has 1 unspecified atom stereocenters. The van der Waals surface area contributed by atoms with Crippen LogP contribution in [-0.4, -0.2) is 59.0 Å². The van der Waals surface area contributed by atoms with Gasteiger partial charge in [-0.15, -0.1) is 0 Å². The monoisotopic (exact) mass is 467 g/mol. The second-order valence-corrected chi connectivity index (χ2v) is 9.56. The maximum absolute atomic E-state index is 13.4. The quantitative estimate of drug-likeness (QED) is 0.388. The van der Waals surface area contributed by atoms with Crippen LogP contribution in [0.5, 0.6) is 0 Å². The van der Waals surface area contributed by atoms with Crippen LogP contribution in [0.4, 0.5) is 0 Å². The fourth-order valence-corrected chi connectivity index (χ4v) is 4.21. The summed E-state index contributed by atoms with van der Waals surface area (Å²) >= 11 is 0. The van der Waals surface area contributed by atoms with Crippen molar-refractivity contribution in [3.05, 3.63) is 11.6 Å². The van der Waals surface area contributed by atoms with Gasteiger partial charge in [0.2, 0.25) is 11.8 Å². The lowest BCUT2D eigenvalue weighted by molar-refractivity contribution is -0.139. The molecule has 0 heterocycles. The zero-order valence-corrected chi connectivity index (χ0v) is 22.3. The zero-order valence-electron chi connectivity index (χ0n) is 22.3. The van der Waals surface area contributed by atoms with Gasteiger partial charge in [-0.1, -0.05) is 59.5 Å². The van der Waals surface area contributed by atoms with Crippen LogP contribution in [0.3, 0.4) is 0 Å². The van der Waals surface area contributed by atoms with Gasteiger partial charge in [-0.25, -0.2) is 4.79 Å². The Balaban J connectivity index is 0.00000322. The first-order chi connectivity index (χ1) is 15.5. The van der Waals surface area contributed by atoms with Gasteiger partial charge in [-0.2, -0.15) is 0 Å². The second-order valence-electron chi connectivity index (χ2n) is 9.56. The van der Waals surface area contributed by atoms with E-state index in [1.165, 1.54) is 24.3 Å². The predicted octanol–water partition coefficient (Wildman–Crippen LogP) is 4.51. The third-order valence-electron chi connectivity index (χ3n) is 6.27.